The van der Waals surface area contributed by atoms with Crippen LogP contribution in [0, 0.1) is 11.8 Å². The number of oxime groups is 1. The minimum atomic E-state index is 0.0416. The van der Waals surface area contributed by atoms with Gasteiger partial charge in [-0.25, -0.2) is 0 Å². The lowest BCUT2D eigenvalue weighted by Gasteiger charge is -2.42. The zero-order valence-corrected chi connectivity index (χ0v) is 11.7. The predicted octanol–water partition coefficient (Wildman–Crippen LogP) is 2.05. The molecule has 0 spiro atoms. The van der Waals surface area contributed by atoms with Crippen molar-refractivity contribution in [2.45, 2.75) is 33.2 Å². The molecule has 2 heterocycles. The topological polar surface area (TPSA) is 74.7 Å². The van der Waals surface area contributed by atoms with Gasteiger partial charge in [0.2, 0.25) is 0 Å². The van der Waals surface area contributed by atoms with E-state index < -0.39 is 0 Å². The fourth-order valence-corrected chi connectivity index (χ4v) is 2.81. The molecular weight excluding hydrogens is 240 g/mol. The summed E-state index contributed by atoms with van der Waals surface area (Å²) in [7, 11) is 0. The van der Waals surface area contributed by atoms with Crippen molar-refractivity contribution in [2.24, 2.45) is 22.7 Å². The second-order valence-electron chi connectivity index (χ2n) is 5.60. The Morgan fingerprint density at radius 2 is 2.16 bits per heavy atom. The van der Waals surface area contributed by atoms with Crippen LogP contribution in [0.3, 0.4) is 0 Å². The third kappa shape index (κ3) is 2.80. The molecular formula is C14H22N4O. The van der Waals surface area contributed by atoms with E-state index in [-0.39, 0.29) is 5.84 Å². The molecule has 1 aromatic rings. The third-order valence-electron chi connectivity index (χ3n) is 4.05. The molecule has 104 valence electrons. The van der Waals surface area contributed by atoms with E-state index in [1.165, 1.54) is 6.42 Å². The number of rotatable bonds is 2. The van der Waals surface area contributed by atoms with Crippen LogP contribution in [0.15, 0.2) is 23.5 Å². The summed E-state index contributed by atoms with van der Waals surface area (Å²) < 4.78 is 0. The molecule has 5 nitrogen and oxygen atoms in total. The number of nitrogens with zero attached hydrogens (tertiary/aromatic N) is 3. The average molecular weight is 262 g/mol. The first-order chi connectivity index (χ1) is 9.02. The maximum atomic E-state index is 8.63. The summed E-state index contributed by atoms with van der Waals surface area (Å²) in [5.74, 6) is 1.41. The van der Waals surface area contributed by atoms with Crippen LogP contribution >= 0.6 is 0 Å². The highest BCUT2D eigenvalue weighted by atomic mass is 16.4. The number of pyridine rings is 1. The Labute approximate surface area is 114 Å². The van der Waals surface area contributed by atoms with Crippen LogP contribution in [0.4, 0.5) is 5.69 Å². The Hall–Kier alpha value is -1.78. The Morgan fingerprint density at radius 1 is 1.42 bits per heavy atom. The highest BCUT2D eigenvalue weighted by molar-refractivity contribution is 5.95. The quantitative estimate of drug-likeness (QED) is 0.370. The van der Waals surface area contributed by atoms with Crippen LogP contribution < -0.4 is 10.6 Å². The lowest BCUT2D eigenvalue weighted by Crippen LogP contribution is -2.45. The molecule has 0 bridgehead atoms. The van der Waals surface area contributed by atoms with Gasteiger partial charge in [0, 0.05) is 12.6 Å². The molecule has 0 amide bonds. The van der Waals surface area contributed by atoms with Crippen molar-refractivity contribution in [2.75, 3.05) is 11.4 Å². The van der Waals surface area contributed by atoms with Gasteiger partial charge in [-0.05, 0) is 37.3 Å². The molecule has 0 saturated carbocycles. The second kappa shape index (κ2) is 5.47. The van der Waals surface area contributed by atoms with Crippen molar-refractivity contribution in [1.82, 2.24) is 4.98 Å². The van der Waals surface area contributed by atoms with Gasteiger partial charge in [-0.3, -0.25) is 4.98 Å². The molecule has 1 fully saturated rings. The van der Waals surface area contributed by atoms with Gasteiger partial charge in [-0.2, -0.15) is 0 Å². The molecule has 19 heavy (non-hydrogen) atoms. The van der Waals surface area contributed by atoms with Crippen LogP contribution in [-0.2, 0) is 0 Å². The molecule has 2 rings (SSSR count). The minimum absolute atomic E-state index is 0.0416. The molecule has 0 aromatic carbocycles. The monoisotopic (exact) mass is 262 g/mol. The van der Waals surface area contributed by atoms with E-state index in [0.717, 1.165) is 12.2 Å². The molecule has 3 unspecified atom stereocenters. The second-order valence-corrected chi connectivity index (χ2v) is 5.60. The first-order valence-corrected chi connectivity index (χ1v) is 6.73. The van der Waals surface area contributed by atoms with Crippen molar-refractivity contribution >= 4 is 11.5 Å². The van der Waals surface area contributed by atoms with Crippen molar-refractivity contribution in [3.05, 3.63) is 24.0 Å². The number of amidine groups is 1. The molecule has 0 radical (unpaired) electrons. The fraction of sp³-hybridized carbons (Fsp3) is 0.571. The maximum Gasteiger partial charge on any atom is 0.188 e. The van der Waals surface area contributed by atoms with Crippen molar-refractivity contribution < 1.29 is 5.21 Å². The van der Waals surface area contributed by atoms with Crippen LogP contribution in [-0.4, -0.2) is 28.6 Å². The van der Waals surface area contributed by atoms with Crippen LogP contribution in [0.2, 0.25) is 0 Å². The van der Waals surface area contributed by atoms with Crippen LogP contribution in [0.1, 0.15) is 32.9 Å². The van der Waals surface area contributed by atoms with Gasteiger partial charge >= 0.3 is 0 Å². The van der Waals surface area contributed by atoms with E-state index in [0.29, 0.717) is 23.6 Å². The zero-order chi connectivity index (χ0) is 14.0. The van der Waals surface area contributed by atoms with Crippen LogP contribution in [0.5, 0.6) is 0 Å². The molecule has 0 aliphatic carbocycles. The SMILES string of the molecule is CC1CC(C)C(C)N(c2ccc(/C(N)=N/O)nc2)C1. The summed E-state index contributed by atoms with van der Waals surface area (Å²) in [5, 5.41) is 11.6. The van der Waals surface area contributed by atoms with Gasteiger partial charge in [-0.15, -0.1) is 0 Å². The maximum absolute atomic E-state index is 8.63. The van der Waals surface area contributed by atoms with Crippen molar-refractivity contribution in [1.29, 1.82) is 0 Å². The first kappa shape index (κ1) is 13.6. The third-order valence-corrected chi connectivity index (χ3v) is 4.05. The number of anilines is 1. The van der Waals surface area contributed by atoms with Crippen LogP contribution in [0.25, 0.3) is 0 Å². The van der Waals surface area contributed by atoms with Gasteiger partial charge in [0.1, 0.15) is 5.69 Å². The summed E-state index contributed by atoms with van der Waals surface area (Å²) >= 11 is 0. The summed E-state index contributed by atoms with van der Waals surface area (Å²) in [6, 6.07) is 4.29. The number of aromatic nitrogens is 1. The lowest BCUT2D eigenvalue weighted by atomic mass is 9.86. The van der Waals surface area contributed by atoms with Gasteiger partial charge in [0.15, 0.2) is 5.84 Å². The largest absolute Gasteiger partial charge is 0.409 e. The van der Waals surface area contributed by atoms with Gasteiger partial charge in [-0.1, -0.05) is 19.0 Å². The van der Waals surface area contributed by atoms with E-state index in [1.54, 1.807) is 12.3 Å². The molecule has 5 heteroatoms. The Kier molecular flexibility index (Phi) is 3.93. The summed E-state index contributed by atoms with van der Waals surface area (Å²) in [6.45, 7) is 7.89. The zero-order valence-electron chi connectivity index (χ0n) is 11.7. The number of hydrogen-bond donors (Lipinski definition) is 2. The molecule has 3 atom stereocenters. The standard InChI is InChI=1S/C14H22N4O/c1-9-6-10(2)11(3)18(8-9)12-4-5-13(16-7-12)14(15)17-19/h4-5,7,9-11,19H,6,8H2,1-3H3,(H2,15,17). The molecule has 1 saturated heterocycles. The highest BCUT2D eigenvalue weighted by Gasteiger charge is 2.28. The number of nitrogens with two attached hydrogens (primary N) is 1. The van der Waals surface area contributed by atoms with Crippen molar-refractivity contribution in [3.63, 3.8) is 0 Å². The lowest BCUT2D eigenvalue weighted by molar-refractivity contribution is 0.297. The smallest absolute Gasteiger partial charge is 0.188 e. The van der Waals surface area contributed by atoms with Gasteiger partial charge < -0.3 is 15.8 Å². The Morgan fingerprint density at radius 3 is 2.74 bits per heavy atom. The van der Waals surface area contributed by atoms with E-state index in [9.17, 15) is 0 Å². The average Bonchev–Trinajstić information content (AvgIpc) is 2.42. The summed E-state index contributed by atoms with van der Waals surface area (Å²) in [4.78, 5) is 6.64. The molecule has 3 N–H and O–H groups in total. The number of piperidine rings is 1. The van der Waals surface area contributed by atoms with E-state index in [2.05, 4.69) is 35.8 Å². The Balaban J connectivity index is 2.21. The van der Waals surface area contributed by atoms with E-state index in [4.69, 9.17) is 10.9 Å². The van der Waals surface area contributed by atoms with Crippen molar-refractivity contribution in [3.8, 4) is 0 Å². The molecule has 1 aliphatic rings. The fourth-order valence-electron chi connectivity index (χ4n) is 2.81. The van der Waals surface area contributed by atoms with E-state index >= 15 is 0 Å². The van der Waals surface area contributed by atoms with E-state index in [1.807, 2.05) is 6.07 Å². The summed E-state index contributed by atoms with van der Waals surface area (Å²) in [6.07, 6.45) is 3.07. The van der Waals surface area contributed by atoms with Gasteiger partial charge in [0.25, 0.3) is 0 Å². The minimum Gasteiger partial charge on any atom is -0.409 e. The summed E-state index contributed by atoms with van der Waals surface area (Å²) in [5.41, 5.74) is 7.11. The highest BCUT2D eigenvalue weighted by Crippen LogP contribution is 2.30. The molecule has 1 aromatic heterocycles. The Bertz CT molecular complexity index is 457. The normalized spacial score (nSPS) is 28.5. The number of hydrogen-bond acceptors (Lipinski definition) is 4. The molecule has 1 aliphatic heterocycles. The first-order valence-electron chi connectivity index (χ1n) is 6.73. The van der Waals surface area contributed by atoms with Gasteiger partial charge in [0.05, 0.1) is 11.9 Å². The predicted molar refractivity (Wildman–Crippen MR) is 76.5 cm³/mol.